The standard InChI is InChI=1S/C41H54ClO8PS2/c1-6-7-8-9-10-11-12-13-20-46-41(44)53-52-27-40(43)49-39-18-17-32(24-36(39)29(2)3)25-37-30(4)22-35(23-31(37)5)47-28-51(45)48-21-19-38(50-51)33-15-14-16-34(42)26-33/h14-18,22-24,26,29,38H,6-13,19-21,25,27-28H2,1-5H3/t38-,51+/m0/s1. The Labute approximate surface area is 328 Å². The summed E-state index contributed by atoms with van der Waals surface area (Å²) in [7, 11) is -1.43. The van der Waals surface area contributed by atoms with E-state index in [9.17, 15) is 14.2 Å². The highest BCUT2D eigenvalue weighted by Crippen LogP contribution is 2.56. The van der Waals surface area contributed by atoms with Gasteiger partial charge in [-0.15, -0.1) is 0 Å². The molecule has 3 aromatic carbocycles. The topological polar surface area (TPSA) is 97.4 Å². The Kier molecular flexibility index (Phi) is 18.1. The van der Waals surface area contributed by atoms with Crippen molar-refractivity contribution in [3.8, 4) is 11.5 Å². The highest BCUT2D eigenvalue weighted by Gasteiger charge is 2.35. The second kappa shape index (κ2) is 22.2. The summed E-state index contributed by atoms with van der Waals surface area (Å²) in [6.07, 6.45) is 10.1. The van der Waals surface area contributed by atoms with E-state index in [1.807, 2.05) is 56.3 Å². The Morgan fingerprint density at radius 1 is 0.962 bits per heavy atom. The molecule has 12 heteroatoms. The first-order valence-electron chi connectivity index (χ1n) is 18.7. The number of esters is 1. The van der Waals surface area contributed by atoms with Gasteiger partial charge in [0, 0.05) is 22.2 Å². The highest BCUT2D eigenvalue weighted by molar-refractivity contribution is 8.82. The lowest BCUT2D eigenvalue weighted by Gasteiger charge is -2.30. The zero-order chi connectivity index (χ0) is 38.2. The van der Waals surface area contributed by atoms with Crippen LogP contribution in [0.15, 0.2) is 54.6 Å². The average Bonchev–Trinajstić information content (AvgIpc) is 3.12. The third-order valence-corrected chi connectivity index (χ3v) is 12.7. The molecule has 3 aromatic rings. The molecule has 0 aliphatic carbocycles. The van der Waals surface area contributed by atoms with Crippen LogP contribution in [0.4, 0.5) is 4.79 Å². The van der Waals surface area contributed by atoms with Crippen LogP contribution in [0.25, 0.3) is 0 Å². The van der Waals surface area contributed by atoms with Gasteiger partial charge >= 0.3 is 18.9 Å². The summed E-state index contributed by atoms with van der Waals surface area (Å²) in [5, 5.41) is 0.216. The van der Waals surface area contributed by atoms with Crippen LogP contribution < -0.4 is 9.47 Å². The number of rotatable bonds is 20. The molecule has 1 saturated heterocycles. The SMILES string of the molecule is CCCCCCCCCCOC(=O)SSCC(=O)Oc1ccc(Cc2c(C)cc(OC[P@@]3(=O)OCC[C@@H](c4cccc(Cl)c4)O3)cc2C)cc1C(C)C. The summed E-state index contributed by atoms with van der Waals surface area (Å²) in [4.78, 5) is 24.8. The number of carbonyl (C=O) groups excluding carboxylic acids is 2. The van der Waals surface area contributed by atoms with Gasteiger partial charge < -0.3 is 18.7 Å². The quantitative estimate of drug-likeness (QED) is 0.0361. The molecule has 1 heterocycles. The molecule has 290 valence electrons. The highest BCUT2D eigenvalue weighted by atomic mass is 35.5. The van der Waals surface area contributed by atoms with Crippen LogP contribution in [0.3, 0.4) is 0 Å². The predicted octanol–water partition coefficient (Wildman–Crippen LogP) is 12.9. The van der Waals surface area contributed by atoms with E-state index in [-0.39, 0.29) is 29.4 Å². The Morgan fingerprint density at radius 2 is 1.68 bits per heavy atom. The first-order chi connectivity index (χ1) is 25.5. The summed E-state index contributed by atoms with van der Waals surface area (Å²) >= 11 is 6.16. The summed E-state index contributed by atoms with van der Waals surface area (Å²) in [5.74, 6) is 0.846. The smallest absolute Gasteiger partial charge is 0.378 e. The molecule has 53 heavy (non-hydrogen) atoms. The van der Waals surface area contributed by atoms with Gasteiger partial charge in [0.25, 0.3) is 0 Å². The van der Waals surface area contributed by atoms with Crippen LogP contribution in [0.1, 0.15) is 124 Å². The minimum Gasteiger partial charge on any atom is -0.481 e. The number of benzene rings is 3. The Morgan fingerprint density at radius 3 is 2.38 bits per heavy atom. The minimum atomic E-state index is -3.49. The molecule has 0 amide bonds. The van der Waals surface area contributed by atoms with E-state index in [2.05, 4.69) is 26.8 Å². The van der Waals surface area contributed by atoms with Gasteiger partial charge in [-0.05, 0) is 96.3 Å². The molecule has 1 aliphatic heterocycles. The molecule has 0 saturated carbocycles. The van der Waals surface area contributed by atoms with Crippen LogP contribution >= 0.6 is 40.8 Å². The van der Waals surface area contributed by atoms with Gasteiger partial charge in [-0.2, -0.15) is 0 Å². The van der Waals surface area contributed by atoms with Crippen molar-refractivity contribution >= 4 is 52.1 Å². The van der Waals surface area contributed by atoms with Crippen LogP contribution in [-0.4, -0.2) is 36.6 Å². The van der Waals surface area contributed by atoms with Gasteiger partial charge in [0.1, 0.15) is 17.3 Å². The van der Waals surface area contributed by atoms with E-state index < -0.39 is 13.6 Å². The summed E-state index contributed by atoms with van der Waals surface area (Å²) in [6.45, 7) is 11.1. The molecular weight excluding hydrogens is 751 g/mol. The van der Waals surface area contributed by atoms with E-state index in [0.717, 1.165) is 67.8 Å². The van der Waals surface area contributed by atoms with Crippen molar-refractivity contribution in [1.29, 1.82) is 0 Å². The van der Waals surface area contributed by atoms with Gasteiger partial charge in [0.2, 0.25) is 0 Å². The molecule has 4 rings (SSSR count). The van der Waals surface area contributed by atoms with Gasteiger partial charge in [0.15, 0.2) is 6.35 Å². The first-order valence-corrected chi connectivity index (χ1v) is 23.1. The maximum atomic E-state index is 13.4. The number of carbonyl (C=O) groups is 2. The Bertz CT molecular complexity index is 1680. The van der Waals surface area contributed by atoms with Crippen molar-refractivity contribution < 1.29 is 37.4 Å². The number of hydrogen-bond acceptors (Lipinski definition) is 10. The van der Waals surface area contributed by atoms with E-state index in [0.29, 0.717) is 42.6 Å². The third kappa shape index (κ3) is 14.6. The molecule has 0 radical (unpaired) electrons. The predicted molar refractivity (Wildman–Crippen MR) is 218 cm³/mol. The number of unbranched alkanes of at least 4 members (excludes halogenated alkanes) is 7. The van der Waals surface area contributed by atoms with Crippen LogP contribution in [0.5, 0.6) is 11.5 Å². The Balaban J connectivity index is 1.24. The van der Waals surface area contributed by atoms with Gasteiger partial charge in [0.05, 0.1) is 19.3 Å². The number of hydrogen-bond donors (Lipinski definition) is 0. The van der Waals surface area contributed by atoms with Crippen molar-refractivity contribution in [1.82, 2.24) is 0 Å². The van der Waals surface area contributed by atoms with Gasteiger partial charge in [-0.1, -0.05) is 112 Å². The summed E-state index contributed by atoms with van der Waals surface area (Å²) in [6, 6.07) is 17.1. The first kappa shape index (κ1) is 43.3. The number of halogens is 1. The molecule has 1 aliphatic rings. The zero-order valence-electron chi connectivity index (χ0n) is 31.7. The molecule has 0 N–H and O–H groups in total. The molecular formula is C41H54ClO8PS2. The fourth-order valence-corrected chi connectivity index (χ4v) is 9.24. The lowest BCUT2D eigenvalue weighted by atomic mass is 9.93. The third-order valence-electron chi connectivity index (χ3n) is 9.06. The fourth-order valence-electron chi connectivity index (χ4n) is 6.20. The maximum absolute atomic E-state index is 13.4. The van der Waals surface area contributed by atoms with Crippen LogP contribution in [-0.2, 0) is 29.6 Å². The molecule has 0 spiro atoms. The molecule has 0 bridgehead atoms. The van der Waals surface area contributed by atoms with E-state index in [4.69, 9.17) is 34.9 Å². The van der Waals surface area contributed by atoms with E-state index in [1.165, 1.54) is 38.5 Å². The normalized spacial score (nSPS) is 17.2. The minimum absolute atomic E-state index is 0.0276. The van der Waals surface area contributed by atoms with Crippen molar-refractivity contribution in [2.24, 2.45) is 0 Å². The molecule has 8 nitrogen and oxygen atoms in total. The van der Waals surface area contributed by atoms with Crippen molar-refractivity contribution in [2.75, 3.05) is 25.3 Å². The van der Waals surface area contributed by atoms with Crippen molar-refractivity contribution in [2.45, 2.75) is 111 Å². The maximum Gasteiger partial charge on any atom is 0.378 e. The number of aryl methyl sites for hydroxylation is 2. The van der Waals surface area contributed by atoms with Gasteiger partial charge in [-0.25, -0.2) is 4.79 Å². The molecule has 0 aromatic heterocycles. The molecule has 0 unspecified atom stereocenters. The second-order valence-corrected chi connectivity index (χ2v) is 18.4. The largest absolute Gasteiger partial charge is 0.481 e. The van der Waals surface area contributed by atoms with Crippen molar-refractivity contribution in [3.63, 3.8) is 0 Å². The Hall–Kier alpha value is -2.46. The number of ether oxygens (including phenoxy) is 3. The summed E-state index contributed by atoms with van der Waals surface area (Å²) in [5.41, 5.74) is 6.10. The van der Waals surface area contributed by atoms with E-state index >= 15 is 0 Å². The van der Waals surface area contributed by atoms with Crippen LogP contribution in [0, 0.1) is 13.8 Å². The second-order valence-electron chi connectivity index (χ2n) is 13.8. The molecule has 2 atom stereocenters. The average molecular weight is 805 g/mol. The fraction of sp³-hybridized carbons (Fsp3) is 0.512. The monoisotopic (exact) mass is 804 g/mol. The van der Waals surface area contributed by atoms with Crippen molar-refractivity contribution in [3.05, 3.63) is 93.0 Å². The van der Waals surface area contributed by atoms with E-state index in [1.54, 1.807) is 6.07 Å². The molecule has 1 fully saturated rings. The lowest BCUT2D eigenvalue weighted by Crippen LogP contribution is -2.17. The van der Waals surface area contributed by atoms with Crippen LogP contribution in [0.2, 0.25) is 5.02 Å². The zero-order valence-corrected chi connectivity index (χ0v) is 34.9. The lowest BCUT2D eigenvalue weighted by molar-refractivity contribution is -0.131. The summed E-state index contributed by atoms with van der Waals surface area (Å²) < 4.78 is 42.0. The van der Waals surface area contributed by atoms with Gasteiger partial charge in [-0.3, -0.25) is 13.9 Å².